The van der Waals surface area contributed by atoms with E-state index in [1.54, 1.807) is 0 Å². The Balaban J connectivity index is 2.27. The van der Waals surface area contributed by atoms with E-state index in [0.29, 0.717) is 12.5 Å². The highest BCUT2D eigenvalue weighted by Crippen LogP contribution is 2.17. The molecule has 2 atom stereocenters. The van der Waals surface area contributed by atoms with Crippen molar-refractivity contribution in [1.29, 1.82) is 0 Å². The monoisotopic (exact) mass is 214 g/mol. The minimum absolute atomic E-state index is 0.298. The highest BCUT2D eigenvalue weighted by molar-refractivity contribution is 4.80. The average molecular weight is 214 g/mol. The molecule has 0 aromatic carbocycles. The molecule has 1 aliphatic rings. The number of hydrogen-bond acceptors (Lipinski definition) is 3. The van der Waals surface area contributed by atoms with Crippen LogP contribution in [0.1, 0.15) is 26.7 Å². The summed E-state index contributed by atoms with van der Waals surface area (Å²) in [6.07, 6.45) is 2.69. The first-order valence-corrected chi connectivity index (χ1v) is 6.20. The van der Waals surface area contributed by atoms with Gasteiger partial charge >= 0.3 is 0 Å². The second-order valence-corrected chi connectivity index (χ2v) is 4.93. The fourth-order valence-electron chi connectivity index (χ4n) is 2.54. The molecule has 2 unspecified atom stereocenters. The van der Waals surface area contributed by atoms with Crippen LogP contribution in [0, 0.1) is 5.92 Å². The summed E-state index contributed by atoms with van der Waals surface area (Å²) in [6, 6.07) is 0.742. The quantitative estimate of drug-likeness (QED) is 0.715. The van der Waals surface area contributed by atoms with E-state index < -0.39 is 0 Å². The molecule has 15 heavy (non-hydrogen) atoms. The Hall–Kier alpha value is -0.120. The summed E-state index contributed by atoms with van der Waals surface area (Å²) >= 11 is 0. The van der Waals surface area contributed by atoms with Crippen LogP contribution in [-0.4, -0.2) is 60.8 Å². The number of likely N-dealkylation sites (N-methyl/N-ethyl adjacent to an activating group) is 2. The van der Waals surface area contributed by atoms with Crippen molar-refractivity contribution in [3.63, 3.8) is 0 Å². The zero-order chi connectivity index (χ0) is 11.3. The molecule has 3 nitrogen and oxygen atoms in total. The van der Waals surface area contributed by atoms with Crippen LogP contribution in [0.3, 0.4) is 0 Å². The van der Waals surface area contributed by atoms with Crippen LogP contribution >= 0.6 is 0 Å². The molecule has 1 saturated heterocycles. The van der Waals surface area contributed by atoms with Crippen molar-refractivity contribution in [3.8, 4) is 0 Å². The lowest BCUT2D eigenvalue weighted by Crippen LogP contribution is -2.40. The van der Waals surface area contributed by atoms with Crippen LogP contribution in [0.5, 0.6) is 0 Å². The number of nitrogens with zero attached hydrogens (tertiary/aromatic N) is 2. The molecule has 0 radical (unpaired) electrons. The van der Waals surface area contributed by atoms with Gasteiger partial charge in [0.1, 0.15) is 0 Å². The fourth-order valence-corrected chi connectivity index (χ4v) is 2.54. The summed E-state index contributed by atoms with van der Waals surface area (Å²) in [6.45, 7) is 9.24. The zero-order valence-electron chi connectivity index (χ0n) is 10.4. The number of aliphatic hydroxyl groups excluding tert-OH is 1. The molecule has 0 saturated carbocycles. The maximum Gasteiger partial charge on any atom is 0.0468 e. The van der Waals surface area contributed by atoms with Crippen molar-refractivity contribution in [3.05, 3.63) is 0 Å². The maximum absolute atomic E-state index is 9.01. The van der Waals surface area contributed by atoms with Crippen LogP contribution in [0.25, 0.3) is 0 Å². The van der Waals surface area contributed by atoms with E-state index in [1.165, 1.54) is 25.9 Å². The molecule has 0 spiro atoms. The first-order valence-electron chi connectivity index (χ1n) is 6.20. The summed E-state index contributed by atoms with van der Waals surface area (Å²) < 4.78 is 0. The van der Waals surface area contributed by atoms with Crippen molar-refractivity contribution >= 4 is 0 Å². The molecular weight excluding hydrogens is 188 g/mol. The highest BCUT2D eigenvalue weighted by Gasteiger charge is 2.24. The largest absolute Gasteiger partial charge is 0.396 e. The maximum atomic E-state index is 9.01. The second-order valence-electron chi connectivity index (χ2n) is 4.93. The lowest BCUT2D eigenvalue weighted by atomic mass is 10.1. The van der Waals surface area contributed by atoms with Gasteiger partial charge in [-0.05, 0) is 38.9 Å². The van der Waals surface area contributed by atoms with Crippen LogP contribution in [0.2, 0.25) is 0 Å². The van der Waals surface area contributed by atoms with Crippen molar-refractivity contribution in [2.24, 2.45) is 5.92 Å². The van der Waals surface area contributed by atoms with Gasteiger partial charge in [-0.15, -0.1) is 0 Å². The van der Waals surface area contributed by atoms with E-state index in [2.05, 4.69) is 30.7 Å². The smallest absolute Gasteiger partial charge is 0.0468 e. The Morgan fingerprint density at radius 3 is 2.87 bits per heavy atom. The van der Waals surface area contributed by atoms with E-state index in [-0.39, 0.29) is 0 Å². The Bertz CT molecular complexity index is 175. The molecule has 1 aliphatic heterocycles. The number of aliphatic hydroxyl groups is 1. The molecule has 90 valence electrons. The number of likely N-dealkylation sites (tertiary alicyclic amines) is 1. The van der Waals surface area contributed by atoms with E-state index >= 15 is 0 Å². The molecule has 1 fully saturated rings. The van der Waals surface area contributed by atoms with Gasteiger partial charge < -0.3 is 10.0 Å². The normalized spacial score (nSPS) is 25.0. The minimum atomic E-state index is 0.298. The molecule has 0 aromatic rings. The summed E-state index contributed by atoms with van der Waals surface area (Å²) in [7, 11) is 2.16. The Kier molecular flexibility index (Phi) is 5.58. The van der Waals surface area contributed by atoms with Crippen molar-refractivity contribution in [2.45, 2.75) is 32.7 Å². The Morgan fingerprint density at radius 1 is 1.53 bits per heavy atom. The van der Waals surface area contributed by atoms with E-state index in [1.807, 2.05) is 0 Å². The molecule has 1 heterocycles. The zero-order valence-corrected chi connectivity index (χ0v) is 10.4. The van der Waals surface area contributed by atoms with Crippen molar-refractivity contribution in [2.75, 3.05) is 39.8 Å². The lowest BCUT2D eigenvalue weighted by Gasteiger charge is -2.28. The molecule has 0 amide bonds. The van der Waals surface area contributed by atoms with E-state index in [9.17, 15) is 0 Å². The first-order chi connectivity index (χ1) is 7.17. The minimum Gasteiger partial charge on any atom is -0.396 e. The summed E-state index contributed by atoms with van der Waals surface area (Å²) in [4.78, 5) is 4.93. The Labute approximate surface area is 94.1 Å². The van der Waals surface area contributed by atoms with E-state index in [4.69, 9.17) is 5.11 Å². The molecule has 0 aliphatic carbocycles. The van der Waals surface area contributed by atoms with E-state index in [0.717, 1.165) is 19.1 Å². The topological polar surface area (TPSA) is 26.7 Å². The van der Waals surface area contributed by atoms with Gasteiger partial charge in [-0.1, -0.05) is 13.8 Å². The van der Waals surface area contributed by atoms with Gasteiger partial charge in [0.2, 0.25) is 0 Å². The molecule has 0 aromatic heterocycles. The van der Waals surface area contributed by atoms with Gasteiger partial charge in [0.05, 0.1) is 0 Å². The first kappa shape index (κ1) is 12.9. The third kappa shape index (κ3) is 4.09. The van der Waals surface area contributed by atoms with Crippen molar-refractivity contribution in [1.82, 2.24) is 9.80 Å². The van der Waals surface area contributed by atoms with Crippen LogP contribution in [-0.2, 0) is 0 Å². The lowest BCUT2D eigenvalue weighted by molar-refractivity contribution is 0.157. The average Bonchev–Trinajstić information content (AvgIpc) is 2.64. The predicted molar refractivity (Wildman–Crippen MR) is 64.0 cm³/mol. The van der Waals surface area contributed by atoms with Gasteiger partial charge in [0.25, 0.3) is 0 Å². The van der Waals surface area contributed by atoms with Gasteiger partial charge in [-0.25, -0.2) is 0 Å². The van der Waals surface area contributed by atoms with Crippen LogP contribution < -0.4 is 0 Å². The Morgan fingerprint density at radius 2 is 2.27 bits per heavy atom. The SMILES string of the molecule is CCN1CCCC1CN(C)CC(C)CO. The van der Waals surface area contributed by atoms with Gasteiger partial charge in [-0.2, -0.15) is 0 Å². The summed E-state index contributed by atoms with van der Waals surface area (Å²) in [5, 5.41) is 9.01. The molecule has 0 bridgehead atoms. The fraction of sp³-hybridized carbons (Fsp3) is 1.00. The molecule has 1 N–H and O–H groups in total. The number of rotatable bonds is 6. The highest BCUT2D eigenvalue weighted by atomic mass is 16.3. The van der Waals surface area contributed by atoms with Crippen LogP contribution in [0.15, 0.2) is 0 Å². The summed E-state index contributed by atoms with van der Waals surface area (Å²) in [5.41, 5.74) is 0. The van der Waals surface area contributed by atoms with Gasteiger partial charge in [-0.3, -0.25) is 4.90 Å². The third-order valence-corrected chi connectivity index (χ3v) is 3.36. The standard InChI is InChI=1S/C12H26N2O/c1-4-14-7-5-6-12(14)9-13(3)8-11(2)10-15/h11-12,15H,4-10H2,1-3H3. The van der Waals surface area contributed by atoms with Gasteiger partial charge in [0.15, 0.2) is 0 Å². The van der Waals surface area contributed by atoms with Crippen LogP contribution in [0.4, 0.5) is 0 Å². The van der Waals surface area contributed by atoms with Gasteiger partial charge in [0, 0.05) is 25.7 Å². The van der Waals surface area contributed by atoms with Crippen molar-refractivity contribution < 1.29 is 5.11 Å². The molecular formula is C12H26N2O. The molecule has 3 heteroatoms. The second kappa shape index (κ2) is 6.46. The number of hydrogen-bond donors (Lipinski definition) is 1. The summed E-state index contributed by atoms with van der Waals surface area (Å²) in [5.74, 6) is 0.395. The predicted octanol–water partition coefficient (Wildman–Crippen LogP) is 1.03. The molecule has 1 rings (SSSR count). The third-order valence-electron chi connectivity index (χ3n) is 3.36.